The van der Waals surface area contributed by atoms with E-state index in [4.69, 9.17) is 16.0 Å². The first-order chi connectivity index (χ1) is 9.61. The summed E-state index contributed by atoms with van der Waals surface area (Å²) >= 11 is 9.60. The molecule has 102 valence electrons. The van der Waals surface area contributed by atoms with Crippen molar-refractivity contribution in [3.8, 4) is 0 Å². The molecule has 3 rings (SSSR count). The smallest absolute Gasteiger partial charge is 0.192 e. The zero-order valence-corrected chi connectivity index (χ0v) is 13.1. The van der Waals surface area contributed by atoms with E-state index in [1.807, 2.05) is 43.3 Å². The molecule has 20 heavy (non-hydrogen) atoms. The van der Waals surface area contributed by atoms with Crippen LogP contribution in [0.25, 0.3) is 11.1 Å². The summed E-state index contributed by atoms with van der Waals surface area (Å²) in [7, 11) is 0. The van der Waals surface area contributed by atoms with Gasteiger partial charge in [-0.1, -0.05) is 33.6 Å². The second kappa shape index (κ2) is 5.46. The number of benzene rings is 2. The summed E-state index contributed by atoms with van der Waals surface area (Å²) in [4.78, 5) is 4.32. The van der Waals surface area contributed by atoms with Crippen LogP contribution < -0.4 is 5.32 Å². The molecule has 0 bridgehead atoms. The molecule has 0 unspecified atom stereocenters. The van der Waals surface area contributed by atoms with Gasteiger partial charge in [0.05, 0.1) is 0 Å². The van der Waals surface area contributed by atoms with Crippen LogP contribution in [0.15, 0.2) is 45.3 Å². The van der Waals surface area contributed by atoms with Gasteiger partial charge in [0.2, 0.25) is 0 Å². The lowest BCUT2D eigenvalue weighted by Gasteiger charge is -2.08. The highest BCUT2D eigenvalue weighted by Crippen LogP contribution is 2.24. The van der Waals surface area contributed by atoms with E-state index >= 15 is 0 Å². The number of fused-ring (bicyclic) bond motifs is 1. The van der Waals surface area contributed by atoms with Gasteiger partial charge in [0.25, 0.3) is 0 Å². The molecule has 0 amide bonds. The minimum atomic E-state index is 0.661. The third kappa shape index (κ3) is 2.81. The Labute approximate surface area is 130 Å². The van der Waals surface area contributed by atoms with Crippen molar-refractivity contribution >= 4 is 44.3 Å². The zero-order valence-electron chi connectivity index (χ0n) is 10.8. The third-order valence-corrected chi connectivity index (χ3v) is 3.84. The number of anilines is 1. The molecular weight excluding hydrogens is 340 g/mol. The molecule has 0 atom stereocenters. The van der Waals surface area contributed by atoms with Crippen molar-refractivity contribution in [3.63, 3.8) is 0 Å². The summed E-state index contributed by atoms with van der Waals surface area (Å²) in [6.07, 6.45) is 0. The summed E-state index contributed by atoms with van der Waals surface area (Å²) in [6, 6.07) is 11.7. The second-order valence-corrected chi connectivity index (χ2v) is 5.83. The number of oxazole rings is 1. The van der Waals surface area contributed by atoms with Gasteiger partial charge in [-0.15, -0.1) is 0 Å². The summed E-state index contributed by atoms with van der Waals surface area (Å²) in [5.74, 6) is 0.674. The van der Waals surface area contributed by atoms with Crippen LogP contribution in [0.5, 0.6) is 0 Å². The fourth-order valence-electron chi connectivity index (χ4n) is 2.01. The summed E-state index contributed by atoms with van der Waals surface area (Å²) < 4.78 is 6.43. The summed E-state index contributed by atoms with van der Waals surface area (Å²) in [6.45, 7) is 2.50. The van der Waals surface area contributed by atoms with E-state index in [2.05, 4.69) is 26.2 Å². The maximum absolute atomic E-state index is 6.20. The predicted octanol–water partition coefficient (Wildman–Crippen LogP) is 5.16. The van der Waals surface area contributed by atoms with Crippen molar-refractivity contribution in [2.75, 3.05) is 5.32 Å². The molecule has 1 aromatic heterocycles. The maximum atomic E-state index is 6.20. The summed E-state index contributed by atoms with van der Waals surface area (Å²) in [5, 5.41) is 4.08. The van der Waals surface area contributed by atoms with Crippen LogP contribution in [0.3, 0.4) is 0 Å². The fourth-order valence-corrected chi connectivity index (χ4v) is 2.76. The minimum absolute atomic E-state index is 0.661. The van der Waals surface area contributed by atoms with Gasteiger partial charge in [-0.05, 0) is 35.9 Å². The Bertz CT molecular complexity index is 770. The normalized spacial score (nSPS) is 10.9. The van der Waals surface area contributed by atoms with Gasteiger partial charge in [0, 0.05) is 28.7 Å². The molecule has 0 radical (unpaired) electrons. The molecule has 0 fully saturated rings. The average molecular weight is 352 g/mol. The predicted molar refractivity (Wildman–Crippen MR) is 85.2 cm³/mol. The fraction of sp³-hybridized carbons (Fsp3) is 0.133. The van der Waals surface area contributed by atoms with E-state index in [1.54, 1.807) is 0 Å². The number of aryl methyl sites for hydroxylation is 1. The first-order valence-corrected chi connectivity index (χ1v) is 7.34. The first kappa shape index (κ1) is 13.5. The van der Waals surface area contributed by atoms with Gasteiger partial charge >= 0.3 is 0 Å². The Kier molecular flexibility index (Phi) is 3.68. The van der Waals surface area contributed by atoms with E-state index < -0.39 is 0 Å². The van der Waals surface area contributed by atoms with E-state index in [9.17, 15) is 0 Å². The molecule has 1 N–H and O–H groups in total. The van der Waals surface area contributed by atoms with Crippen LogP contribution in [0.1, 0.15) is 11.5 Å². The number of nitrogens with one attached hydrogen (secondary N) is 1. The van der Waals surface area contributed by atoms with Gasteiger partial charge in [-0.25, -0.2) is 4.98 Å². The molecule has 0 aliphatic rings. The lowest BCUT2D eigenvalue weighted by molar-refractivity contribution is 0.561. The highest BCUT2D eigenvalue weighted by molar-refractivity contribution is 9.10. The Morgan fingerprint density at radius 3 is 2.90 bits per heavy atom. The van der Waals surface area contributed by atoms with Crippen LogP contribution in [0.4, 0.5) is 5.69 Å². The average Bonchev–Trinajstić information content (AvgIpc) is 2.77. The Balaban J connectivity index is 1.79. The van der Waals surface area contributed by atoms with Crippen LogP contribution >= 0.6 is 27.5 Å². The Hall–Kier alpha value is -1.52. The molecule has 0 aliphatic carbocycles. The largest absolute Gasteiger partial charge is 0.441 e. The van der Waals surface area contributed by atoms with Crippen LogP contribution in [0.2, 0.25) is 5.02 Å². The van der Waals surface area contributed by atoms with Gasteiger partial charge in [0.1, 0.15) is 5.52 Å². The lowest BCUT2D eigenvalue weighted by Crippen LogP contribution is -1.99. The summed E-state index contributed by atoms with van der Waals surface area (Å²) in [5.41, 5.74) is 3.69. The monoisotopic (exact) mass is 350 g/mol. The molecule has 2 aromatic carbocycles. The van der Waals surface area contributed by atoms with Gasteiger partial charge in [-0.3, -0.25) is 0 Å². The number of hydrogen-bond acceptors (Lipinski definition) is 3. The minimum Gasteiger partial charge on any atom is -0.441 e. The number of halogens is 2. The van der Waals surface area contributed by atoms with E-state index in [0.29, 0.717) is 12.4 Å². The standard InChI is InChI=1S/C15H12BrClN2O/c1-9-19-14-7-12(4-5-15(14)20-9)18-8-10-2-3-11(16)6-13(10)17/h2-7,18H,8H2,1H3. The molecule has 5 heteroatoms. The quantitative estimate of drug-likeness (QED) is 0.708. The topological polar surface area (TPSA) is 38.1 Å². The highest BCUT2D eigenvalue weighted by Gasteiger charge is 2.04. The molecule has 0 spiro atoms. The van der Waals surface area contributed by atoms with Gasteiger partial charge < -0.3 is 9.73 Å². The lowest BCUT2D eigenvalue weighted by atomic mass is 10.2. The number of nitrogens with zero attached hydrogens (tertiary/aromatic N) is 1. The molecule has 3 aromatic rings. The molecule has 0 saturated carbocycles. The third-order valence-electron chi connectivity index (χ3n) is 2.99. The van der Waals surface area contributed by atoms with Crippen molar-refractivity contribution in [2.24, 2.45) is 0 Å². The molecule has 3 nitrogen and oxygen atoms in total. The van der Waals surface area contributed by atoms with Crippen LogP contribution in [-0.4, -0.2) is 4.98 Å². The molecule has 1 heterocycles. The number of hydrogen-bond donors (Lipinski definition) is 1. The Morgan fingerprint density at radius 2 is 2.10 bits per heavy atom. The maximum Gasteiger partial charge on any atom is 0.192 e. The SMILES string of the molecule is Cc1nc2cc(NCc3ccc(Br)cc3Cl)ccc2o1. The first-order valence-electron chi connectivity index (χ1n) is 6.17. The van der Waals surface area contributed by atoms with Crippen molar-refractivity contribution < 1.29 is 4.42 Å². The number of aromatic nitrogens is 1. The zero-order chi connectivity index (χ0) is 14.1. The number of rotatable bonds is 3. The van der Waals surface area contributed by atoms with Crippen LogP contribution in [0, 0.1) is 6.92 Å². The highest BCUT2D eigenvalue weighted by atomic mass is 79.9. The van der Waals surface area contributed by atoms with E-state index in [0.717, 1.165) is 31.8 Å². The van der Waals surface area contributed by atoms with Crippen LogP contribution in [-0.2, 0) is 6.54 Å². The van der Waals surface area contributed by atoms with Crippen molar-refractivity contribution in [3.05, 3.63) is 57.3 Å². The molecule has 0 aliphatic heterocycles. The Morgan fingerprint density at radius 1 is 1.25 bits per heavy atom. The van der Waals surface area contributed by atoms with Crippen molar-refractivity contribution in [1.29, 1.82) is 0 Å². The molecule has 0 saturated heterocycles. The van der Waals surface area contributed by atoms with Gasteiger partial charge in [0.15, 0.2) is 11.5 Å². The second-order valence-electron chi connectivity index (χ2n) is 4.50. The van der Waals surface area contributed by atoms with Crippen molar-refractivity contribution in [1.82, 2.24) is 4.98 Å². The van der Waals surface area contributed by atoms with Gasteiger partial charge in [-0.2, -0.15) is 0 Å². The van der Waals surface area contributed by atoms with E-state index in [-0.39, 0.29) is 0 Å². The molecular formula is C15H12BrClN2O. The van der Waals surface area contributed by atoms with E-state index in [1.165, 1.54) is 0 Å². The van der Waals surface area contributed by atoms with Crippen molar-refractivity contribution in [2.45, 2.75) is 13.5 Å².